The molecular formula is C13H26NO+. The first-order valence-corrected chi connectivity index (χ1v) is 6.50. The van der Waals surface area contributed by atoms with Gasteiger partial charge in [-0.2, -0.15) is 0 Å². The molecule has 0 aromatic heterocycles. The lowest BCUT2D eigenvalue weighted by Crippen LogP contribution is -2.64. The van der Waals surface area contributed by atoms with Gasteiger partial charge >= 0.3 is 0 Å². The zero-order valence-electron chi connectivity index (χ0n) is 10.5. The molecule has 2 fully saturated rings. The first-order chi connectivity index (χ1) is 6.93. The zero-order valence-corrected chi connectivity index (χ0v) is 10.5. The number of aliphatic hydroxyl groups is 1. The quantitative estimate of drug-likeness (QED) is 0.660. The van der Waals surface area contributed by atoms with E-state index in [0.29, 0.717) is 12.0 Å². The SMILES string of the molecule is CC(C)(O)[C@@H]1CCC[N+]2(C)CCCCC12. The lowest BCUT2D eigenvalue weighted by molar-refractivity contribution is -0.948. The van der Waals surface area contributed by atoms with Gasteiger partial charge < -0.3 is 9.59 Å². The number of hydrogen-bond donors (Lipinski definition) is 1. The van der Waals surface area contributed by atoms with Crippen molar-refractivity contribution >= 4 is 0 Å². The molecule has 2 aliphatic rings. The monoisotopic (exact) mass is 212 g/mol. The van der Waals surface area contributed by atoms with Crippen LogP contribution in [0.4, 0.5) is 0 Å². The molecule has 0 radical (unpaired) electrons. The van der Waals surface area contributed by atoms with Gasteiger partial charge in [0.15, 0.2) is 0 Å². The number of piperidine rings is 2. The maximum atomic E-state index is 10.3. The van der Waals surface area contributed by atoms with Crippen molar-refractivity contribution in [1.82, 2.24) is 0 Å². The second-order valence-corrected chi connectivity index (χ2v) is 6.39. The van der Waals surface area contributed by atoms with Crippen molar-refractivity contribution in [1.29, 1.82) is 0 Å². The van der Waals surface area contributed by atoms with Gasteiger partial charge in [-0.05, 0) is 39.5 Å². The third kappa shape index (κ3) is 2.07. The Morgan fingerprint density at radius 1 is 1.07 bits per heavy atom. The third-order valence-electron chi connectivity index (χ3n) is 4.78. The van der Waals surface area contributed by atoms with E-state index in [4.69, 9.17) is 0 Å². The van der Waals surface area contributed by atoms with Crippen LogP contribution >= 0.6 is 0 Å². The predicted octanol–water partition coefficient (Wildman–Crippen LogP) is 2.17. The van der Waals surface area contributed by atoms with E-state index in [2.05, 4.69) is 7.05 Å². The molecule has 0 amide bonds. The molecule has 0 aromatic carbocycles. The molecule has 2 nitrogen and oxygen atoms in total. The molecule has 15 heavy (non-hydrogen) atoms. The van der Waals surface area contributed by atoms with Crippen LogP contribution < -0.4 is 0 Å². The molecular weight excluding hydrogens is 186 g/mol. The highest BCUT2D eigenvalue weighted by molar-refractivity contribution is 4.88. The smallest absolute Gasteiger partial charge is 0.0944 e. The van der Waals surface area contributed by atoms with Gasteiger partial charge in [0.2, 0.25) is 0 Å². The summed E-state index contributed by atoms with van der Waals surface area (Å²) >= 11 is 0. The van der Waals surface area contributed by atoms with Gasteiger partial charge in [-0.3, -0.25) is 0 Å². The summed E-state index contributed by atoms with van der Waals surface area (Å²) in [6.07, 6.45) is 6.59. The van der Waals surface area contributed by atoms with Crippen LogP contribution in [-0.2, 0) is 0 Å². The summed E-state index contributed by atoms with van der Waals surface area (Å²) in [6.45, 7) is 6.67. The number of rotatable bonds is 1. The Morgan fingerprint density at radius 3 is 2.40 bits per heavy atom. The highest BCUT2D eigenvalue weighted by atomic mass is 16.3. The highest BCUT2D eigenvalue weighted by Crippen LogP contribution is 2.40. The Morgan fingerprint density at radius 2 is 1.73 bits per heavy atom. The minimum absolute atomic E-state index is 0.484. The van der Waals surface area contributed by atoms with Crippen molar-refractivity contribution in [3.05, 3.63) is 0 Å². The lowest BCUT2D eigenvalue weighted by atomic mass is 9.73. The van der Waals surface area contributed by atoms with Crippen LogP contribution in [0.5, 0.6) is 0 Å². The average Bonchev–Trinajstić information content (AvgIpc) is 2.14. The molecule has 2 unspecified atom stereocenters. The van der Waals surface area contributed by atoms with E-state index in [9.17, 15) is 5.11 Å². The van der Waals surface area contributed by atoms with Crippen molar-refractivity contribution in [2.24, 2.45) is 5.92 Å². The Hall–Kier alpha value is -0.0800. The van der Waals surface area contributed by atoms with E-state index < -0.39 is 5.60 Å². The van der Waals surface area contributed by atoms with Gasteiger partial charge in [-0.25, -0.2) is 0 Å². The molecule has 2 heterocycles. The first-order valence-electron chi connectivity index (χ1n) is 6.50. The Bertz CT molecular complexity index is 229. The minimum atomic E-state index is -0.484. The standard InChI is InChI=1S/C13H26NO/c1-13(2,15)11-7-6-10-14(3)9-5-4-8-12(11)14/h11-12,15H,4-10H2,1-3H3/q+1/t11-,12?,14?/m1/s1. The Labute approximate surface area is 93.9 Å². The number of quaternary nitrogens is 1. The van der Waals surface area contributed by atoms with Crippen LogP contribution in [0, 0.1) is 5.92 Å². The van der Waals surface area contributed by atoms with Crippen molar-refractivity contribution in [3.63, 3.8) is 0 Å². The molecule has 2 saturated heterocycles. The summed E-state index contributed by atoms with van der Waals surface area (Å²) in [4.78, 5) is 0. The average molecular weight is 212 g/mol. The van der Waals surface area contributed by atoms with Crippen LogP contribution in [0.15, 0.2) is 0 Å². The van der Waals surface area contributed by atoms with Gasteiger partial charge in [0.05, 0.1) is 31.8 Å². The van der Waals surface area contributed by atoms with E-state index in [-0.39, 0.29) is 0 Å². The van der Waals surface area contributed by atoms with Crippen LogP contribution in [-0.4, -0.2) is 41.4 Å². The summed E-state index contributed by atoms with van der Waals surface area (Å²) in [5.74, 6) is 0.511. The van der Waals surface area contributed by atoms with Gasteiger partial charge in [-0.1, -0.05) is 0 Å². The maximum absolute atomic E-state index is 10.3. The van der Waals surface area contributed by atoms with Crippen LogP contribution in [0.1, 0.15) is 46.0 Å². The molecule has 2 heteroatoms. The topological polar surface area (TPSA) is 20.2 Å². The minimum Gasteiger partial charge on any atom is -0.390 e. The van der Waals surface area contributed by atoms with Crippen LogP contribution in [0.3, 0.4) is 0 Å². The van der Waals surface area contributed by atoms with E-state index >= 15 is 0 Å². The number of hydrogen-bond acceptors (Lipinski definition) is 1. The van der Waals surface area contributed by atoms with Crippen LogP contribution in [0.25, 0.3) is 0 Å². The molecule has 88 valence electrons. The fourth-order valence-corrected chi connectivity index (χ4v) is 3.91. The van der Waals surface area contributed by atoms with Crippen LogP contribution in [0.2, 0.25) is 0 Å². The second-order valence-electron chi connectivity index (χ2n) is 6.39. The molecule has 0 bridgehead atoms. The molecule has 1 N–H and O–H groups in total. The Kier molecular flexibility index (Phi) is 2.85. The molecule has 2 aliphatic heterocycles. The predicted molar refractivity (Wildman–Crippen MR) is 62.6 cm³/mol. The molecule has 3 atom stereocenters. The van der Waals surface area contributed by atoms with Gasteiger partial charge in [0.1, 0.15) is 0 Å². The summed E-state index contributed by atoms with van der Waals surface area (Å²) < 4.78 is 1.23. The van der Waals surface area contributed by atoms with Crippen molar-refractivity contribution in [2.75, 3.05) is 20.1 Å². The fraction of sp³-hybridized carbons (Fsp3) is 1.00. The second kappa shape index (κ2) is 3.74. The van der Waals surface area contributed by atoms with E-state index in [1.54, 1.807) is 0 Å². The van der Waals surface area contributed by atoms with Gasteiger partial charge in [-0.15, -0.1) is 0 Å². The highest BCUT2D eigenvalue weighted by Gasteiger charge is 2.48. The number of nitrogens with zero attached hydrogens (tertiary/aromatic N) is 1. The maximum Gasteiger partial charge on any atom is 0.0944 e. The molecule has 0 aliphatic carbocycles. The molecule has 0 aromatic rings. The third-order valence-corrected chi connectivity index (χ3v) is 4.78. The number of fused-ring (bicyclic) bond motifs is 1. The molecule has 0 saturated carbocycles. The van der Waals surface area contributed by atoms with Crippen molar-refractivity contribution in [3.8, 4) is 0 Å². The fourth-order valence-electron chi connectivity index (χ4n) is 3.91. The molecule has 2 rings (SSSR count). The largest absolute Gasteiger partial charge is 0.390 e. The van der Waals surface area contributed by atoms with Crippen molar-refractivity contribution < 1.29 is 9.59 Å². The van der Waals surface area contributed by atoms with E-state index in [1.165, 1.54) is 49.7 Å². The van der Waals surface area contributed by atoms with Gasteiger partial charge in [0.25, 0.3) is 0 Å². The normalized spacial score (nSPS) is 42.4. The zero-order chi connectivity index (χ0) is 11.1. The Balaban J connectivity index is 2.19. The van der Waals surface area contributed by atoms with E-state index in [1.807, 2.05) is 13.8 Å². The summed E-state index contributed by atoms with van der Waals surface area (Å²) in [7, 11) is 2.40. The molecule has 0 spiro atoms. The lowest BCUT2D eigenvalue weighted by Gasteiger charge is -2.53. The summed E-state index contributed by atoms with van der Waals surface area (Å²) in [5, 5.41) is 10.3. The summed E-state index contributed by atoms with van der Waals surface area (Å²) in [6, 6.07) is 0.715. The van der Waals surface area contributed by atoms with Crippen molar-refractivity contribution in [2.45, 2.75) is 57.6 Å². The van der Waals surface area contributed by atoms with E-state index in [0.717, 1.165) is 0 Å². The van der Waals surface area contributed by atoms with Gasteiger partial charge in [0, 0.05) is 12.3 Å². The first kappa shape index (κ1) is 11.4. The summed E-state index contributed by atoms with van der Waals surface area (Å²) in [5.41, 5.74) is -0.484.